The van der Waals surface area contributed by atoms with Crippen LogP contribution in [-0.2, 0) is 0 Å². The predicted molar refractivity (Wildman–Crippen MR) is 184 cm³/mol. The highest BCUT2D eigenvalue weighted by Gasteiger charge is 2.25. The van der Waals surface area contributed by atoms with E-state index < -0.39 is 0 Å². The first-order valence-electron chi connectivity index (χ1n) is 14.7. The SMILES string of the molecule is c1ccc(-c2ccc(N(c3ccc4c(c3)sc3ccccc34)c3cccc4c3Oc3cccc5cccc(c35)O4)cc2)cc1. The summed E-state index contributed by atoms with van der Waals surface area (Å²) in [6.45, 7) is 0. The van der Waals surface area contributed by atoms with Gasteiger partial charge in [0, 0.05) is 31.5 Å². The minimum Gasteiger partial charge on any atom is -0.453 e. The van der Waals surface area contributed by atoms with Gasteiger partial charge in [0.25, 0.3) is 0 Å². The molecule has 0 radical (unpaired) electrons. The molecule has 0 atom stereocenters. The van der Waals surface area contributed by atoms with Crippen molar-refractivity contribution >= 4 is 59.3 Å². The zero-order valence-corrected chi connectivity index (χ0v) is 24.4. The number of thiophene rings is 1. The van der Waals surface area contributed by atoms with Crippen LogP contribution in [0.5, 0.6) is 23.0 Å². The molecular formula is C40H25NO2S. The first-order valence-corrected chi connectivity index (χ1v) is 15.5. The van der Waals surface area contributed by atoms with Gasteiger partial charge >= 0.3 is 0 Å². The molecule has 8 aromatic rings. The number of ether oxygens (including phenoxy) is 2. The molecule has 1 aliphatic heterocycles. The average molecular weight is 584 g/mol. The summed E-state index contributed by atoms with van der Waals surface area (Å²) < 4.78 is 15.9. The van der Waals surface area contributed by atoms with E-state index in [4.69, 9.17) is 9.47 Å². The molecule has 0 aliphatic carbocycles. The van der Waals surface area contributed by atoms with E-state index in [-0.39, 0.29) is 0 Å². The third-order valence-corrected chi connectivity index (χ3v) is 9.45. The van der Waals surface area contributed by atoms with Crippen LogP contribution in [0.1, 0.15) is 0 Å². The minimum atomic E-state index is 0.680. The van der Waals surface area contributed by atoms with E-state index in [1.54, 1.807) is 0 Å². The maximum absolute atomic E-state index is 6.79. The van der Waals surface area contributed by atoms with Crippen molar-refractivity contribution in [1.29, 1.82) is 0 Å². The van der Waals surface area contributed by atoms with Gasteiger partial charge < -0.3 is 14.4 Å². The lowest BCUT2D eigenvalue weighted by Crippen LogP contribution is -2.11. The van der Waals surface area contributed by atoms with Crippen LogP contribution in [0.15, 0.2) is 152 Å². The number of nitrogens with zero attached hydrogens (tertiary/aromatic N) is 1. The molecule has 0 unspecified atom stereocenters. The van der Waals surface area contributed by atoms with Gasteiger partial charge in [-0.05, 0) is 71.1 Å². The lowest BCUT2D eigenvalue weighted by atomic mass is 10.0. The number of rotatable bonds is 4. The summed E-state index contributed by atoms with van der Waals surface area (Å²) >= 11 is 1.82. The highest BCUT2D eigenvalue weighted by molar-refractivity contribution is 7.25. The van der Waals surface area contributed by atoms with Gasteiger partial charge in [-0.2, -0.15) is 0 Å². The Bertz CT molecular complexity index is 2340. The van der Waals surface area contributed by atoms with E-state index in [2.05, 4.69) is 114 Å². The fourth-order valence-electron chi connectivity index (χ4n) is 6.25. The summed E-state index contributed by atoms with van der Waals surface area (Å²) in [5, 5.41) is 4.61. The van der Waals surface area contributed by atoms with Crippen molar-refractivity contribution in [2.45, 2.75) is 0 Å². The normalized spacial score (nSPS) is 12.0. The Hall–Kier alpha value is -5.58. The van der Waals surface area contributed by atoms with Gasteiger partial charge in [-0.25, -0.2) is 0 Å². The van der Waals surface area contributed by atoms with Crippen molar-refractivity contribution in [3.05, 3.63) is 152 Å². The highest BCUT2D eigenvalue weighted by atomic mass is 32.1. The molecule has 0 saturated carbocycles. The summed E-state index contributed by atoms with van der Waals surface area (Å²) in [6.07, 6.45) is 0. The van der Waals surface area contributed by atoms with Crippen LogP contribution in [0.25, 0.3) is 42.1 Å². The number of hydrogen-bond donors (Lipinski definition) is 0. The van der Waals surface area contributed by atoms with E-state index in [1.807, 2.05) is 53.8 Å². The van der Waals surface area contributed by atoms with Crippen molar-refractivity contribution in [1.82, 2.24) is 0 Å². The molecule has 0 spiro atoms. The van der Waals surface area contributed by atoms with E-state index in [1.165, 1.54) is 31.3 Å². The number of benzene rings is 7. The summed E-state index contributed by atoms with van der Waals surface area (Å²) in [5.74, 6) is 2.93. The molecule has 0 amide bonds. The largest absolute Gasteiger partial charge is 0.453 e. The van der Waals surface area contributed by atoms with Crippen LogP contribution in [0.3, 0.4) is 0 Å². The summed E-state index contributed by atoms with van der Waals surface area (Å²) in [5.41, 5.74) is 5.34. The standard InChI is InChI=1S/C40H25NO2S/c1-2-9-26(10-3-1)27-19-21-29(22-20-27)41(30-23-24-32-31-13-4-5-18-37(31)44-38(32)25-30)33-14-8-17-36-40(33)43-35-16-7-12-28-11-6-15-34(42-36)39(28)35/h1-25H. The molecule has 2 heterocycles. The first kappa shape index (κ1) is 25.0. The van der Waals surface area contributed by atoms with Gasteiger partial charge in [0.1, 0.15) is 11.5 Å². The van der Waals surface area contributed by atoms with Gasteiger partial charge in [-0.15, -0.1) is 11.3 Å². The van der Waals surface area contributed by atoms with Crippen LogP contribution >= 0.6 is 11.3 Å². The molecule has 1 aliphatic rings. The van der Waals surface area contributed by atoms with Gasteiger partial charge in [0.05, 0.1) is 11.1 Å². The predicted octanol–water partition coefficient (Wildman–Crippen LogP) is 12.2. The summed E-state index contributed by atoms with van der Waals surface area (Å²) in [7, 11) is 0. The number of hydrogen-bond acceptors (Lipinski definition) is 4. The van der Waals surface area contributed by atoms with Crippen LogP contribution in [-0.4, -0.2) is 0 Å². The molecular weight excluding hydrogens is 559 g/mol. The molecule has 0 fully saturated rings. The number of fused-ring (bicyclic) bond motifs is 4. The van der Waals surface area contributed by atoms with E-state index >= 15 is 0 Å². The van der Waals surface area contributed by atoms with Crippen molar-refractivity contribution in [2.75, 3.05) is 4.90 Å². The van der Waals surface area contributed by atoms with Crippen molar-refractivity contribution in [3.63, 3.8) is 0 Å². The maximum Gasteiger partial charge on any atom is 0.193 e. The zero-order valence-electron chi connectivity index (χ0n) is 23.6. The molecule has 7 aromatic carbocycles. The van der Waals surface area contributed by atoms with Crippen molar-refractivity contribution in [3.8, 4) is 34.1 Å². The average Bonchev–Trinajstić information content (AvgIpc) is 3.36. The topological polar surface area (TPSA) is 21.7 Å². The van der Waals surface area contributed by atoms with Gasteiger partial charge in [-0.3, -0.25) is 0 Å². The second kappa shape index (κ2) is 10.0. The Morgan fingerprint density at radius 3 is 1.95 bits per heavy atom. The van der Waals surface area contributed by atoms with Crippen molar-refractivity contribution < 1.29 is 9.47 Å². The number of para-hydroxylation sites is 1. The van der Waals surface area contributed by atoms with E-state index in [9.17, 15) is 0 Å². The summed E-state index contributed by atoms with van der Waals surface area (Å²) in [6, 6.07) is 53.0. The van der Waals surface area contributed by atoms with Crippen LogP contribution in [0, 0.1) is 0 Å². The molecule has 0 N–H and O–H groups in total. The Kier molecular flexibility index (Phi) is 5.68. The molecule has 208 valence electrons. The molecule has 1 aromatic heterocycles. The quantitative estimate of drug-likeness (QED) is 0.206. The Labute approximate surface area is 258 Å². The van der Waals surface area contributed by atoms with Gasteiger partial charge in [-0.1, -0.05) is 97.1 Å². The molecule has 44 heavy (non-hydrogen) atoms. The molecule has 0 saturated heterocycles. The highest BCUT2D eigenvalue weighted by Crippen LogP contribution is 2.52. The fraction of sp³-hybridized carbons (Fsp3) is 0. The summed E-state index contributed by atoms with van der Waals surface area (Å²) in [4.78, 5) is 2.27. The smallest absolute Gasteiger partial charge is 0.193 e. The van der Waals surface area contributed by atoms with E-state index in [0.717, 1.165) is 39.3 Å². The van der Waals surface area contributed by atoms with Crippen LogP contribution in [0.4, 0.5) is 17.1 Å². The van der Waals surface area contributed by atoms with Crippen molar-refractivity contribution in [2.24, 2.45) is 0 Å². The molecule has 4 heteroatoms. The third-order valence-electron chi connectivity index (χ3n) is 8.31. The van der Waals surface area contributed by atoms with Crippen LogP contribution < -0.4 is 14.4 Å². The second-order valence-corrected chi connectivity index (χ2v) is 12.0. The molecule has 0 bridgehead atoms. The van der Waals surface area contributed by atoms with Gasteiger partial charge in [0.2, 0.25) is 0 Å². The van der Waals surface area contributed by atoms with E-state index in [0.29, 0.717) is 11.5 Å². The maximum atomic E-state index is 6.79. The minimum absolute atomic E-state index is 0.680. The Morgan fingerprint density at radius 1 is 0.455 bits per heavy atom. The van der Waals surface area contributed by atoms with Gasteiger partial charge in [0.15, 0.2) is 11.5 Å². The zero-order chi connectivity index (χ0) is 29.0. The third kappa shape index (κ3) is 4.03. The molecule has 3 nitrogen and oxygen atoms in total. The lowest BCUT2D eigenvalue weighted by Gasteiger charge is -2.28. The number of anilines is 3. The monoisotopic (exact) mass is 583 g/mol. The fourth-order valence-corrected chi connectivity index (χ4v) is 7.39. The first-order chi connectivity index (χ1) is 21.8. The van der Waals surface area contributed by atoms with Crippen LogP contribution in [0.2, 0.25) is 0 Å². The lowest BCUT2D eigenvalue weighted by molar-refractivity contribution is 0.440. The Morgan fingerprint density at radius 2 is 1.11 bits per heavy atom. The molecule has 9 rings (SSSR count). The second-order valence-electron chi connectivity index (χ2n) is 10.9. The Balaban J connectivity index is 1.25.